The summed E-state index contributed by atoms with van der Waals surface area (Å²) in [5, 5.41) is 9.01. The molecule has 0 aromatic rings. The molecule has 2 atom stereocenters. The molecule has 2 unspecified atom stereocenters. The van der Waals surface area contributed by atoms with Gasteiger partial charge < -0.3 is 9.84 Å². The van der Waals surface area contributed by atoms with E-state index < -0.39 is 0 Å². The van der Waals surface area contributed by atoms with Crippen molar-refractivity contribution >= 4 is 5.97 Å². The lowest BCUT2D eigenvalue weighted by atomic mass is 9.84. The number of carbonyl (C=O) groups is 1. The summed E-state index contributed by atoms with van der Waals surface area (Å²) in [5.41, 5.74) is 2.18. The average Bonchev–Trinajstić information content (AvgIpc) is 2.78. The molecule has 15 heavy (non-hydrogen) atoms. The number of ether oxygens (including phenoxy) is 1. The average molecular weight is 210 g/mol. The highest BCUT2D eigenvalue weighted by Gasteiger charge is 2.42. The molecule has 0 aliphatic heterocycles. The van der Waals surface area contributed by atoms with E-state index in [0.717, 1.165) is 18.4 Å². The third kappa shape index (κ3) is 1.81. The van der Waals surface area contributed by atoms with Gasteiger partial charge in [-0.15, -0.1) is 0 Å². The summed E-state index contributed by atoms with van der Waals surface area (Å²) < 4.78 is 5.08. The van der Waals surface area contributed by atoms with Gasteiger partial charge in [0, 0.05) is 12.2 Å². The van der Waals surface area contributed by atoms with E-state index in [1.807, 2.05) is 6.92 Å². The lowest BCUT2D eigenvalue weighted by molar-refractivity contribution is -0.139. The van der Waals surface area contributed by atoms with E-state index in [-0.39, 0.29) is 18.5 Å². The van der Waals surface area contributed by atoms with Crippen LogP contribution in [-0.4, -0.2) is 24.3 Å². The van der Waals surface area contributed by atoms with Crippen molar-refractivity contribution in [1.82, 2.24) is 0 Å². The Morgan fingerprint density at radius 2 is 2.40 bits per heavy atom. The van der Waals surface area contributed by atoms with Crippen LogP contribution in [0.15, 0.2) is 11.1 Å². The number of hydrogen-bond acceptors (Lipinski definition) is 3. The normalized spacial score (nSPS) is 28.7. The van der Waals surface area contributed by atoms with Gasteiger partial charge in [0.25, 0.3) is 0 Å². The van der Waals surface area contributed by atoms with Gasteiger partial charge in [0.2, 0.25) is 0 Å². The summed E-state index contributed by atoms with van der Waals surface area (Å²) in [6.45, 7) is 2.43. The zero-order valence-electron chi connectivity index (χ0n) is 9.16. The number of fused-ring (bicyclic) bond motifs is 2. The van der Waals surface area contributed by atoms with Crippen molar-refractivity contribution in [3.05, 3.63) is 11.1 Å². The largest absolute Gasteiger partial charge is 0.463 e. The third-order valence-corrected chi connectivity index (χ3v) is 3.58. The topological polar surface area (TPSA) is 46.5 Å². The first-order chi connectivity index (χ1) is 7.27. The first kappa shape index (κ1) is 10.7. The third-order valence-electron chi connectivity index (χ3n) is 3.58. The first-order valence-electron chi connectivity index (χ1n) is 5.77. The quantitative estimate of drug-likeness (QED) is 0.718. The zero-order chi connectivity index (χ0) is 10.8. The van der Waals surface area contributed by atoms with Crippen LogP contribution in [0, 0.1) is 11.8 Å². The molecular formula is C12H18O3. The summed E-state index contributed by atoms with van der Waals surface area (Å²) in [6, 6.07) is 0. The van der Waals surface area contributed by atoms with Crippen LogP contribution < -0.4 is 0 Å². The van der Waals surface area contributed by atoms with Crippen molar-refractivity contribution in [2.75, 3.05) is 13.2 Å². The van der Waals surface area contributed by atoms with Crippen molar-refractivity contribution in [2.45, 2.75) is 32.6 Å². The van der Waals surface area contributed by atoms with E-state index in [4.69, 9.17) is 9.84 Å². The Hall–Kier alpha value is -0.830. The van der Waals surface area contributed by atoms with Gasteiger partial charge in [-0.3, -0.25) is 0 Å². The second-order valence-corrected chi connectivity index (χ2v) is 4.36. The maximum Gasteiger partial charge on any atom is 0.334 e. The maximum atomic E-state index is 11.8. The molecule has 2 rings (SSSR count). The standard InChI is InChI=1S/C12H18O3/c1-2-15-12(14)11-9-4-3-8(7-9)10(11)5-6-13/h8,10,13H,2-7H2,1H3. The van der Waals surface area contributed by atoms with Gasteiger partial charge in [-0.25, -0.2) is 4.79 Å². The lowest BCUT2D eigenvalue weighted by Gasteiger charge is -2.22. The Kier molecular flexibility index (Phi) is 3.10. The Balaban J connectivity index is 2.16. The SMILES string of the molecule is CCOC(=O)C1=C2CCC(C2)C1CCO. The van der Waals surface area contributed by atoms with E-state index >= 15 is 0 Å². The summed E-state index contributed by atoms with van der Waals surface area (Å²) in [6.07, 6.45) is 4.00. The predicted octanol–water partition coefficient (Wildman–Crippen LogP) is 1.66. The van der Waals surface area contributed by atoms with Gasteiger partial charge in [0.15, 0.2) is 0 Å². The molecule has 1 saturated carbocycles. The molecule has 2 bridgehead atoms. The van der Waals surface area contributed by atoms with Crippen LogP contribution in [0.3, 0.4) is 0 Å². The predicted molar refractivity (Wildman–Crippen MR) is 56.2 cm³/mol. The van der Waals surface area contributed by atoms with Crippen molar-refractivity contribution in [3.63, 3.8) is 0 Å². The Morgan fingerprint density at radius 1 is 1.60 bits per heavy atom. The van der Waals surface area contributed by atoms with E-state index in [1.54, 1.807) is 0 Å². The minimum Gasteiger partial charge on any atom is -0.463 e. The molecule has 0 spiro atoms. The van der Waals surface area contributed by atoms with Crippen LogP contribution in [0.1, 0.15) is 32.6 Å². The van der Waals surface area contributed by atoms with Gasteiger partial charge in [-0.05, 0) is 44.4 Å². The molecule has 3 heteroatoms. The Bertz CT molecular complexity index is 293. The molecule has 2 aliphatic carbocycles. The number of rotatable bonds is 4. The second kappa shape index (κ2) is 4.35. The molecule has 0 aromatic heterocycles. The second-order valence-electron chi connectivity index (χ2n) is 4.36. The zero-order valence-corrected chi connectivity index (χ0v) is 9.16. The monoisotopic (exact) mass is 210 g/mol. The van der Waals surface area contributed by atoms with Gasteiger partial charge >= 0.3 is 5.97 Å². The lowest BCUT2D eigenvalue weighted by Crippen LogP contribution is -2.21. The molecule has 0 heterocycles. The van der Waals surface area contributed by atoms with Crippen molar-refractivity contribution in [1.29, 1.82) is 0 Å². The minimum atomic E-state index is -0.145. The summed E-state index contributed by atoms with van der Waals surface area (Å²) >= 11 is 0. The molecule has 3 nitrogen and oxygen atoms in total. The molecule has 0 amide bonds. The van der Waals surface area contributed by atoms with Crippen molar-refractivity contribution in [3.8, 4) is 0 Å². The molecule has 0 saturated heterocycles. The highest BCUT2D eigenvalue weighted by atomic mass is 16.5. The van der Waals surface area contributed by atoms with Crippen LogP contribution in [0.25, 0.3) is 0 Å². The summed E-state index contributed by atoms with van der Waals surface area (Å²) in [7, 11) is 0. The molecule has 1 fully saturated rings. The minimum absolute atomic E-state index is 0.145. The maximum absolute atomic E-state index is 11.8. The van der Waals surface area contributed by atoms with E-state index in [1.165, 1.54) is 12.0 Å². The van der Waals surface area contributed by atoms with Gasteiger partial charge in [-0.2, -0.15) is 0 Å². The van der Waals surface area contributed by atoms with Gasteiger partial charge in [0.05, 0.1) is 6.61 Å². The van der Waals surface area contributed by atoms with Crippen LogP contribution >= 0.6 is 0 Å². The number of esters is 1. The highest BCUT2D eigenvalue weighted by molar-refractivity contribution is 5.91. The van der Waals surface area contributed by atoms with E-state index in [9.17, 15) is 4.79 Å². The van der Waals surface area contributed by atoms with Crippen LogP contribution in [0.5, 0.6) is 0 Å². The van der Waals surface area contributed by atoms with Gasteiger partial charge in [-0.1, -0.05) is 5.57 Å². The van der Waals surface area contributed by atoms with Crippen molar-refractivity contribution < 1.29 is 14.6 Å². The first-order valence-corrected chi connectivity index (χ1v) is 5.77. The highest BCUT2D eigenvalue weighted by Crippen LogP contribution is 2.49. The number of aliphatic hydroxyl groups excluding tert-OH is 1. The van der Waals surface area contributed by atoms with Crippen LogP contribution in [0.2, 0.25) is 0 Å². The van der Waals surface area contributed by atoms with E-state index in [0.29, 0.717) is 18.9 Å². The molecule has 84 valence electrons. The molecule has 0 radical (unpaired) electrons. The smallest absolute Gasteiger partial charge is 0.334 e. The number of aliphatic hydroxyl groups is 1. The molecule has 1 N–H and O–H groups in total. The Labute approximate surface area is 90.1 Å². The van der Waals surface area contributed by atoms with Crippen LogP contribution in [0.4, 0.5) is 0 Å². The molecular weight excluding hydrogens is 192 g/mol. The number of carbonyl (C=O) groups excluding carboxylic acids is 1. The Morgan fingerprint density at radius 3 is 3.07 bits per heavy atom. The fourth-order valence-electron chi connectivity index (χ4n) is 2.99. The van der Waals surface area contributed by atoms with Gasteiger partial charge in [0.1, 0.15) is 0 Å². The number of hydrogen-bond donors (Lipinski definition) is 1. The fraction of sp³-hybridized carbons (Fsp3) is 0.750. The summed E-state index contributed by atoms with van der Waals surface area (Å²) in [4.78, 5) is 11.8. The molecule has 0 aromatic carbocycles. The molecule has 2 aliphatic rings. The van der Waals surface area contributed by atoms with E-state index in [2.05, 4.69) is 0 Å². The summed E-state index contributed by atoms with van der Waals surface area (Å²) in [5.74, 6) is 0.706. The van der Waals surface area contributed by atoms with Crippen LogP contribution in [-0.2, 0) is 9.53 Å². The fourth-order valence-corrected chi connectivity index (χ4v) is 2.99. The number of allylic oxidation sites excluding steroid dienone is 1. The van der Waals surface area contributed by atoms with Crippen molar-refractivity contribution in [2.24, 2.45) is 11.8 Å².